The molecule has 0 radical (unpaired) electrons. The van der Waals surface area contributed by atoms with Gasteiger partial charge in [0.2, 0.25) is 0 Å². The molecule has 0 fully saturated rings. The zero-order valence-electron chi connectivity index (χ0n) is 7.53. The molecule has 0 unspecified atom stereocenters. The van der Waals surface area contributed by atoms with E-state index in [1.165, 1.54) is 0 Å². The first-order chi connectivity index (χ1) is 6.18. The van der Waals surface area contributed by atoms with Gasteiger partial charge in [0, 0.05) is 13.6 Å². The van der Waals surface area contributed by atoms with Crippen molar-refractivity contribution in [2.75, 3.05) is 7.05 Å². The Morgan fingerprint density at radius 3 is 2.62 bits per heavy atom. The molecule has 2 amide bonds. The van der Waals surface area contributed by atoms with Crippen molar-refractivity contribution in [3.63, 3.8) is 0 Å². The van der Waals surface area contributed by atoms with E-state index in [4.69, 9.17) is 5.73 Å². The van der Waals surface area contributed by atoms with Gasteiger partial charge in [-0.05, 0) is 5.56 Å². The summed E-state index contributed by atoms with van der Waals surface area (Å²) >= 11 is 0. The third-order valence-corrected chi connectivity index (χ3v) is 1.56. The van der Waals surface area contributed by atoms with Gasteiger partial charge >= 0.3 is 6.03 Å². The van der Waals surface area contributed by atoms with Gasteiger partial charge in [-0.3, -0.25) is 5.43 Å². The van der Waals surface area contributed by atoms with Crippen LogP contribution in [0.15, 0.2) is 30.3 Å². The lowest BCUT2D eigenvalue weighted by Gasteiger charge is -2.15. The highest BCUT2D eigenvalue weighted by Gasteiger charge is 2.00. The van der Waals surface area contributed by atoms with Gasteiger partial charge in [-0.15, -0.1) is 0 Å². The highest BCUT2D eigenvalue weighted by Crippen LogP contribution is 1.99. The zero-order chi connectivity index (χ0) is 9.68. The molecule has 0 aliphatic rings. The van der Waals surface area contributed by atoms with E-state index in [1.54, 1.807) is 12.1 Å². The average Bonchev–Trinajstić information content (AvgIpc) is 2.04. The van der Waals surface area contributed by atoms with Crippen molar-refractivity contribution in [2.45, 2.75) is 6.54 Å². The molecule has 13 heavy (non-hydrogen) atoms. The number of amides is 2. The van der Waals surface area contributed by atoms with Crippen molar-refractivity contribution in [3.8, 4) is 0 Å². The third kappa shape index (κ3) is 3.57. The van der Waals surface area contributed by atoms with Gasteiger partial charge in [-0.2, -0.15) is 0 Å². The fourth-order valence-electron chi connectivity index (χ4n) is 1.08. The number of carbonyl (C=O) groups is 1. The van der Waals surface area contributed by atoms with Crippen LogP contribution in [0, 0.1) is 0 Å². The molecule has 0 spiro atoms. The van der Waals surface area contributed by atoms with Gasteiger partial charge in [0.25, 0.3) is 0 Å². The second kappa shape index (κ2) is 4.47. The Balaban J connectivity index is 2.45. The number of hydrazine groups is 1. The average molecular weight is 179 g/mol. The maximum atomic E-state index is 10.5. The van der Waals surface area contributed by atoms with Crippen LogP contribution in [-0.4, -0.2) is 18.1 Å². The number of carbonyl (C=O) groups excluding carboxylic acids is 1. The van der Waals surface area contributed by atoms with Crippen molar-refractivity contribution in [2.24, 2.45) is 5.73 Å². The van der Waals surface area contributed by atoms with Crippen LogP contribution in [0.4, 0.5) is 4.79 Å². The maximum absolute atomic E-state index is 10.5. The van der Waals surface area contributed by atoms with Crippen LogP contribution in [0.25, 0.3) is 0 Å². The molecule has 0 atom stereocenters. The number of hydrogen-bond donors (Lipinski definition) is 2. The van der Waals surface area contributed by atoms with Crippen molar-refractivity contribution >= 4 is 6.03 Å². The first-order valence-electron chi connectivity index (χ1n) is 3.99. The number of hydrogen-bond acceptors (Lipinski definition) is 2. The molecule has 0 saturated heterocycles. The summed E-state index contributed by atoms with van der Waals surface area (Å²) in [4.78, 5) is 10.5. The SMILES string of the molecule is CN(Cc1ccccc1)NC(N)=O. The molecule has 0 bridgehead atoms. The van der Waals surface area contributed by atoms with Crippen LogP contribution >= 0.6 is 0 Å². The Hall–Kier alpha value is -1.55. The van der Waals surface area contributed by atoms with Crippen LogP contribution in [0.1, 0.15) is 5.56 Å². The van der Waals surface area contributed by atoms with Crippen molar-refractivity contribution in [1.29, 1.82) is 0 Å². The van der Waals surface area contributed by atoms with Gasteiger partial charge in [0.1, 0.15) is 0 Å². The Kier molecular flexibility index (Phi) is 3.28. The van der Waals surface area contributed by atoms with Gasteiger partial charge in [0.05, 0.1) is 0 Å². The van der Waals surface area contributed by atoms with Crippen molar-refractivity contribution < 1.29 is 4.79 Å². The molecule has 1 aromatic carbocycles. The Labute approximate surface area is 77.3 Å². The Bertz CT molecular complexity index is 273. The summed E-state index contributed by atoms with van der Waals surface area (Å²) in [6, 6.07) is 9.28. The predicted octanol–water partition coefficient (Wildman–Crippen LogP) is 0.702. The highest BCUT2D eigenvalue weighted by molar-refractivity contribution is 5.70. The van der Waals surface area contributed by atoms with E-state index in [0.29, 0.717) is 6.54 Å². The zero-order valence-corrected chi connectivity index (χ0v) is 7.53. The molecule has 3 N–H and O–H groups in total. The van der Waals surface area contributed by atoms with Crippen LogP contribution in [0.5, 0.6) is 0 Å². The van der Waals surface area contributed by atoms with Crippen molar-refractivity contribution in [3.05, 3.63) is 35.9 Å². The maximum Gasteiger partial charge on any atom is 0.326 e. The van der Waals surface area contributed by atoms with Crippen molar-refractivity contribution in [1.82, 2.24) is 10.4 Å². The third-order valence-electron chi connectivity index (χ3n) is 1.56. The molecule has 0 aliphatic carbocycles. The summed E-state index contributed by atoms with van der Waals surface area (Å²) in [5.41, 5.74) is 8.54. The van der Waals surface area contributed by atoms with E-state index in [9.17, 15) is 4.79 Å². The van der Waals surface area contributed by atoms with Crippen LogP contribution in [0.3, 0.4) is 0 Å². The fraction of sp³-hybridized carbons (Fsp3) is 0.222. The fourth-order valence-corrected chi connectivity index (χ4v) is 1.08. The quantitative estimate of drug-likeness (QED) is 0.671. The summed E-state index contributed by atoms with van der Waals surface area (Å²) in [5, 5.41) is 1.64. The van der Waals surface area contributed by atoms with Crippen LogP contribution in [0.2, 0.25) is 0 Å². The summed E-state index contributed by atoms with van der Waals surface area (Å²) in [6.45, 7) is 0.643. The monoisotopic (exact) mass is 179 g/mol. The number of rotatable bonds is 3. The minimum atomic E-state index is -0.543. The van der Waals surface area contributed by atoms with E-state index in [0.717, 1.165) is 5.56 Å². The number of nitrogens with zero attached hydrogens (tertiary/aromatic N) is 1. The molecule has 70 valence electrons. The van der Waals surface area contributed by atoms with Crippen LogP contribution in [-0.2, 0) is 6.54 Å². The minimum absolute atomic E-state index is 0.543. The second-order valence-corrected chi connectivity index (χ2v) is 2.82. The van der Waals surface area contributed by atoms with E-state index >= 15 is 0 Å². The molecule has 0 saturated carbocycles. The van der Waals surface area contributed by atoms with Crippen LogP contribution < -0.4 is 11.2 Å². The lowest BCUT2D eigenvalue weighted by molar-refractivity contribution is 0.202. The highest BCUT2D eigenvalue weighted by atomic mass is 16.2. The lowest BCUT2D eigenvalue weighted by Crippen LogP contribution is -2.41. The number of benzene rings is 1. The molecule has 0 aliphatic heterocycles. The summed E-state index contributed by atoms with van der Waals surface area (Å²) < 4.78 is 0. The Morgan fingerprint density at radius 1 is 1.46 bits per heavy atom. The first-order valence-corrected chi connectivity index (χ1v) is 3.99. The first kappa shape index (κ1) is 9.54. The van der Waals surface area contributed by atoms with E-state index in [-0.39, 0.29) is 0 Å². The Morgan fingerprint density at radius 2 is 2.08 bits per heavy atom. The molecule has 4 nitrogen and oxygen atoms in total. The van der Waals surface area contributed by atoms with Gasteiger partial charge in [-0.25, -0.2) is 9.80 Å². The number of nitrogens with two attached hydrogens (primary N) is 1. The summed E-state index contributed by atoms with van der Waals surface area (Å²) in [5.74, 6) is 0. The molecular weight excluding hydrogens is 166 g/mol. The summed E-state index contributed by atoms with van der Waals surface area (Å²) in [7, 11) is 1.76. The summed E-state index contributed by atoms with van der Waals surface area (Å²) in [6.07, 6.45) is 0. The largest absolute Gasteiger partial charge is 0.351 e. The van der Waals surface area contributed by atoms with E-state index in [2.05, 4.69) is 5.43 Å². The standard InChI is InChI=1S/C9H13N3O/c1-12(11-9(10)13)7-8-5-3-2-4-6-8/h2-6H,7H2,1H3,(H3,10,11,13). The predicted molar refractivity (Wildman–Crippen MR) is 50.6 cm³/mol. The van der Waals surface area contributed by atoms with E-state index in [1.807, 2.05) is 30.3 Å². The second-order valence-electron chi connectivity index (χ2n) is 2.82. The molecule has 0 aromatic heterocycles. The van der Waals surface area contributed by atoms with Gasteiger partial charge in [-0.1, -0.05) is 30.3 Å². The number of nitrogens with one attached hydrogen (secondary N) is 1. The number of primary amides is 1. The topological polar surface area (TPSA) is 58.4 Å². The molecule has 1 rings (SSSR count). The number of urea groups is 1. The molecule has 1 aromatic rings. The molecule has 4 heteroatoms. The van der Waals surface area contributed by atoms with Gasteiger partial charge < -0.3 is 5.73 Å². The van der Waals surface area contributed by atoms with E-state index < -0.39 is 6.03 Å². The van der Waals surface area contributed by atoms with Gasteiger partial charge in [0.15, 0.2) is 0 Å². The normalized spacial score (nSPS) is 10.0. The smallest absolute Gasteiger partial charge is 0.326 e. The lowest BCUT2D eigenvalue weighted by atomic mass is 10.2. The minimum Gasteiger partial charge on any atom is -0.351 e. The molecule has 0 heterocycles. The molecular formula is C9H13N3O.